The summed E-state index contributed by atoms with van der Waals surface area (Å²) in [6.07, 6.45) is 4.17. The van der Waals surface area contributed by atoms with Gasteiger partial charge in [-0.3, -0.25) is 14.3 Å². The molecule has 1 aromatic carbocycles. The molecule has 6 nitrogen and oxygen atoms in total. The SMILES string of the molecule is Cc1ccc(C(=O)NCC2CC2)cc1NC(=O)c1ccn(C(C)C)n1. The molecule has 1 fully saturated rings. The number of hydrogen-bond donors (Lipinski definition) is 2. The molecule has 1 saturated carbocycles. The maximum atomic E-state index is 12.4. The zero-order chi connectivity index (χ0) is 18.0. The van der Waals surface area contributed by atoms with Crippen LogP contribution in [0.15, 0.2) is 30.5 Å². The summed E-state index contributed by atoms with van der Waals surface area (Å²) in [5, 5.41) is 10.1. The molecule has 6 heteroatoms. The predicted octanol–water partition coefficient (Wildman–Crippen LogP) is 3.16. The van der Waals surface area contributed by atoms with Crippen LogP contribution in [-0.4, -0.2) is 28.1 Å². The van der Waals surface area contributed by atoms with Crippen LogP contribution in [0.3, 0.4) is 0 Å². The fraction of sp³-hybridized carbons (Fsp3) is 0.421. The first-order chi connectivity index (χ1) is 11.9. The summed E-state index contributed by atoms with van der Waals surface area (Å²) in [4.78, 5) is 24.7. The Morgan fingerprint density at radius 1 is 1.24 bits per heavy atom. The van der Waals surface area contributed by atoms with Gasteiger partial charge in [0.15, 0.2) is 5.69 Å². The van der Waals surface area contributed by atoms with Gasteiger partial charge in [-0.25, -0.2) is 0 Å². The van der Waals surface area contributed by atoms with Gasteiger partial charge >= 0.3 is 0 Å². The Balaban J connectivity index is 1.70. The van der Waals surface area contributed by atoms with Gasteiger partial charge in [-0.1, -0.05) is 6.07 Å². The minimum atomic E-state index is -0.280. The molecule has 3 rings (SSSR count). The maximum Gasteiger partial charge on any atom is 0.276 e. The van der Waals surface area contributed by atoms with E-state index in [2.05, 4.69) is 15.7 Å². The first kappa shape index (κ1) is 17.2. The van der Waals surface area contributed by atoms with Gasteiger partial charge in [-0.05, 0) is 63.3 Å². The van der Waals surface area contributed by atoms with E-state index in [1.807, 2.05) is 26.8 Å². The smallest absolute Gasteiger partial charge is 0.276 e. The molecule has 1 aliphatic carbocycles. The Morgan fingerprint density at radius 3 is 2.64 bits per heavy atom. The van der Waals surface area contributed by atoms with Crippen molar-refractivity contribution in [3.63, 3.8) is 0 Å². The highest BCUT2D eigenvalue weighted by atomic mass is 16.2. The minimum Gasteiger partial charge on any atom is -0.352 e. The standard InChI is InChI=1S/C19H24N4O2/c1-12(2)23-9-8-16(22-23)19(25)21-17-10-15(7-4-13(17)3)18(24)20-11-14-5-6-14/h4,7-10,12,14H,5-6,11H2,1-3H3,(H,20,24)(H,21,25). The van der Waals surface area contributed by atoms with E-state index in [1.165, 1.54) is 12.8 Å². The molecule has 25 heavy (non-hydrogen) atoms. The Labute approximate surface area is 147 Å². The lowest BCUT2D eigenvalue weighted by molar-refractivity contribution is 0.0950. The van der Waals surface area contributed by atoms with Crippen molar-refractivity contribution in [2.45, 2.75) is 39.7 Å². The van der Waals surface area contributed by atoms with Crippen molar-refractivity contribution in [3.05, 3.63) is 47.3 Å². The van der Waals surface area contributed by atoms with Gasteiger partial charge in [-0.15, -0.1) is 0 Å². The van der Waals surface area contributed by atoms with E-state index in [-0.39, 0.29) is 17.9 Å². The zero-order valence-electron chi connectivity index (χ0n) is 14.9. The van der Waals surface area contributed by atoms with Gasteiger partial charge < -0.3 is 10.6 Å². The molecule has 0 spiro atoms. The Morgan fingerprint density at radius 2 is 2.00 bits per heavy atom. The van der Waals surface area contributed by atoms with Crippen LogP contribution in [0.25, 0.3) is 0 Å². The quantitative estimate of drug-likeness (QED) is 0.848. The monoisotopic (exact) mass is 340 g/mol. The molecule has 0 atom stereocenters. The first-order valence-corrected chi connectivity index (χ1v) is 8.69. The Hall–Kier alpha value is -2.63. The molecule has 0 unspecified atom stereocenters. The van der Waals surface area contributed by atoms with Gasteiger partial charge in [0.2, 0.25) is 0 Å². The number of rotatable bonds is 6. The van der Waals surface area contributed by atoms with Crippen LogP contribution in [0.5, 0.6) is 0 Å². The van der Waals surface area contributed by atoms with Crippen LogP contribution in [0, 0.1) is 12.8 Å². The van der Waals surface area contributed by atoms with Crippen LogP contribution in [0.4, 0.5) is 5.69 Å². The van der Waals surface area contributed by atoms with Crippen molar-refractivity contribution in [3.8, 4) is 0 Å². The third-order valence-electron chi connectivity index (χ3n) is 4.37. The second-order valence-corrected chi connectivity index (χ2v) is 6.91. The number of aryl methyl sites for hydroxylation is 1. The van der Waals surface area contributed by atoms with E-state index < -0.39 is 0 Å². The fourth-order valence-corrected chi connectivity index (χ4v) is 2.49. The number of carbonyl (C=O) groups excluding carboxylic acids is 2. The van der Waals surface area contributed by atoms with E-state index in [4.69, 9.17) is 0 Å². The number of carbonyl (C=O) groups is 2. The molecule has 2 amide bonds. The molecule has 1 heterocycles. The summed E-state index contributed by atoms with van der Waals surface area (Å²) < 4.78 is 1.74. The number of benzene rings is 1. The summed E-state index contributed by atoms with van der Waals surface area (Å²) in [5.41, 5.74) is 2.43. The lowest BCUT2D eigenvalue weighted by Crippen LogP contribution is -2.25. The normalized spacial score (nSPS) is 13.8. The second-order valence-electron chi connectivity index (χ2n) is 6.91. The van der Waals surface area contributed by atoms with Gasteiger partial charge in [0.1, 0.15) is 0 Å². The molecule has 1 aliphatic rings. The lowest BCUT2D eigenvalue weighted by atomic mass is 10.1. The van der Waals surface area contributed by atoms with Crippen molar-refractivity contribution in [1.82, 2.24) is 15.1 Å². The predicted molar refractivity (Wildman–Crippen MR) is 96.8 cm³/mol. The van der Waals surface area contributed by atoms with Crippen LogP contribution in [0.2, 0.25) is 0 Å². The molecule has 0 bridgehead atoms. The first-order valence-electron chi connectivity index (χ1n) is 8.69. The zero-order valence-corrected chi connectivity index (χ0v) is 14.9. The average Bonchev–Trinajstić information content (AvgIpc) is 3.27. The third kappa shape index (κ3) is 4.26. The summed E-state index contributed by atoms with van der Waals surface area (Å²) >= 11 is 0. The molecule has 2 aromatic rings. The van der Waals surface area contributed by atoms with Crippen molar-refractivity contribution >= 4 is 17.5 Å². The summed E-state index contributed by atoms with van der Waals surface area (Å²) in [7, 11) is 0. The minimum absolute atomic E-state index is 0.105. The maximum absolute atomic E-state index is 12.4. The van der Waals surface area contributed by atoms with E-state index in [0.717, 1.165) is 12.1 Å². The number of nitrogens with zero attached hydrogens (tertiary/aromatic N) is 2. The van der Waals surface area contributed by atoms with E-state index in [9.17, 15) is 9.59 Å². The topological polar surface area (TPSA) is 76.0 Å². The van der Waals surface area contributed by atoms with E-state index in [1.54, 1.807) is 29.1 Å². The number of hydrogen-bond acceptors (Lipinski definition) is 3. The highest BCUT2D eigenvalue weighted by Crippen LogP contribution is 2.27. The molecule has 132 valence electrons. The Kier molecular flexibility index (Phi) is 4.88. The van der Waals surface area contributed by atoms with Gasteiger partial charge in [-0.2, -0.15) is 5.10 Å². The van der Waals surface area contributed by atoms with Crippen molar-refractivity contribution in [2.24, 2.45) is 5.92 Å². The summed E-state index contributed by atoms with van der Waals surface area (Å²) in [6, 6.07) is 7.22. The molecule has 0 saturated heterocycles. The highest BCUT2D eigenvalue weighted by molar-refractivity contribution is 6.04. The summed E-state index contributed by atoms with van der Waals surface area (Å²) in [6.45, 7) is 6.63. The van der Waals surface area contributed by atoms with Crippen LogP contribution >= 0.6 is 0 Å². The highest BCUT2D eigenvalue weighted by Gasteiger charge is 2.22. The number of nitrogens with one attached hydrogen (secondary N) is 2. The van der Waals surface area contributed by atoms with Crippen molar-refractivity contribution < 1.29 is 9.59 Å². The van der Waals surface area contributed by atoms with E-state index in [0.29, 0.717) is 22.9 Å². The largest absolute Gasteiger partial charge is 0.352 e. The van der Waals surface area contributed by atoms with E-state index >= 15 is 0 Å². The number of anilines is 1. The fourth-order valence-electron chi connectivity index (χ4n) is 2.49. The molecule has 0 aliphatic heterocycles. The van der Waals surface area contributed by atoms with Crippen LogP contribution in [0.1, 0.15) is 59.1 Å². The second kappa shape index (κ2) is 7.09. The third-order valence-corrected chi connectivity index (χ3v) is 4.37. The number of amides is 2. The van der Waals surface area contributed by atoms with Gasteiger partial charge in [0.25, 0.3) is 11.8 Å². The molecular formula is C19H24N4O2. The van der Waals surface area contributed by atoms with Crippen molar-refractivity contribution in [1.29, 1.82) is 0 Å². The van der Waals surface area contributed by atoms with Crippen molar-refractivity contribution in [2.75, 3.05) is 11.9 Å². The van der Waals surface area contributed by atoms with Crippen LogP contribution in [-0.2, 0) is 0 Å². The average molecular weight is 340 g/mol. The van der Waals surface area contributed by atoms with Gasteiger partial charge in [0, 0.05) is 30.0 Å². The summed E-state index contributed by atoms with van der Waals surface area (Å²) in [5.74, 6) is 0.245. The number of aromatic nitrogens is 2. The van der Waals surface area contributed by atoms with Crippen LogP contribution < -0.4 is 10.6 Å². The Bertz CT molecular complexity index is 790. The lowest BCUT2D eigenvalue weighted by Gasteiger charge is -2.10. The molecule has 1 aromatic heterocycles. The molecular weight excluding hydrogens is 316 g/mol. The molecule has 2 N–H and O–H groups in total. The molecule has 0 radical (unpaired) electrons. The van der Waals surface area contributed by atoms with Gasteiger partial charge in [0.05, 0.1) is 0 Å².